The highest BCUT2D eigenvalue weighted by molar-refractivity contribution is 7.09. The lowest BCUT2D eigenvalue weighted by Crippen LogP contribution is -2.38. The van der Waals surface area contributed by atoms with Crippen LogP contribution in [0.4, 0.5) is 0 Å². The van der Waals surface area contributed by atoms with Crippen LogP contribution in [0.15, 0.2) is 35.7 Å². The first-order valence-corrected chi connectivity index (χ1v) is 8.72. The molecule has 1 heterocycles. The van der Waals surface area contributed by atoms with E-state index in [0.717, 1.165) is 10.4 Å². The molecule has 5 nitrogen and oxygen atoms in total. The van der Waals surface area contributed by atoms with Crippen molar-refractivity contribution in [1.29, 1.82) is 0 Å². The van der Waals surface area contributed by atoms with Crippen LogP contribution in [-0.4, -0.2) is 35.7 Å². The number of hydrogen-bond acceptors (Lipinski definition) is 5. The van der Waals surface area contributed by atoms with Crippen LogP contribution in [0.2, 0.25) is 0 Å². The van der Waals surface area contributed by atoms with E-state index in [9.17, 15) is 9.90 Å². The van der Waals surface area contributed by atoms with Gasteiger partial charge in [0.15, 0.2) is 11.5 Å². The molecular weight excluding hydrogens is 326 g/mol. The number of nitrogens with zero attached hydrogens (tertiary/aromatic N) is 1. The molecule has 0 aliphatic carbocycles. The van der Waals surface area contributed by atoms with Gasteiger partial charge in [0.05, 0.1) is 7.11 Å². The van der Waals surface area contributed by atoms with Crippen LogP contribution in [0.1, 0.15) is 24.3 Å². The average Bonchev–Trinajstić information content (AvgIpc) is 3.11. The van der Waals surface area contributed by atoms with Crippen LogP contribution < -0.4 is 9.47 Å². The first-order chi connectivity index (χ1) is 11.5. The lowest BCUT2D eigenvalue weighted by atomic mass is 10.1. The quantitative estimate of drug-likeness (QED) is 0.749. The molecule has 1 aromatic heterocycles. The van der Waals surface area contributed by atoms with Crippen LogP contribution in [-0.2, 0) is 17.9 Å². The number of ether oxygens (including phenoxy) is 2. The fraction of sp³-hybridized carbons (Fsp3) is 0.389. The molecule has 2 rings (SSSR count). The Morgan fingerprint density at radius 2 is 2.12 bits per heavy atom. The lowest BCUT2D eigenvalue weighted by Gasteiger charge is -2.25. The number of benzene rings is 1. The number of carboxylic acids is 1. The molecule has 0 saturated carbocycles. The highest BCUT2D eigenvalue weighted by Crippen LogP contribution is 2.30. The zero-order valence-electron chi connectivity index (χ0n) is 14.2. The normalized spacial score (nSPS) is 12.2. The van der Waals surface area contributed by atoms with Gasteiger partial charge in [-0.15, -0.1) is 11.3 Å². The number of methoxy groups -OCH3 is 1. The molecule has 0 radical (unpaired) electrons. The summed E-state index contributed by atoms with van der Waals surface area (Å²) < 4.78 is 11.2. The first-order valence-electron chi connectivity index (χ1n) is 7.84. The van der Waals surface area contributed by atoms with Crippen molar-refractivity contribution in [3.8, 4) is 11.5 Å². The molecule has 1 unspecified atom stereocenters. The summed E-state index contributed by atoms with van der Waals surface area (Å²) in [7, 11) is 1.61. The third kappa shape index (κ3) is 4.72. The summed E-state index contributed by atoms with van der Waals surface area (Å²) in [4.78, 5) is 14.2. The van der Waals surface area contributed by atoms with E-state index in [0.29, 0.717) is 31.2 Å². The number of rotatable bonds is 9. The van der Waals surface area contributed by atoms with Crippen LogP contribution in [0.25, 0.3) is 0 Å². The molecule has 0 fully saturated rings. The molecule has 0 aliphatic rings. The topological polar surface area (TPSA) is 59.0 Å². The molecule has 24 heavy (non-hydrogen) atoms. The van der Waals surface area contributed by atoms with Crippen LogP contribution in [0.5, 0.6) is 11.5 Å². The second kappa shape index (κ2) is 8.70. The van der Waals surface area contributed by atoms with Crippen molar-refractivity contribution in [2.45, 2.75) is 33.0 Å². The summed E-state index contributed by atoms with van der Waals surface area (Å²) in [6.45, 7) is 5.36. The van der Waals surface area contributed by atoms with E-state index >= 15 is 0 Å². The van der Waals surface area contributed by atoms with Crippen molar-refractivity contribution in [2.75, 3.05) is 13.7 Å². The summed E-state index contributed by atoms with van der Waals surface area (Å²) in [6, 6.07) is 9.21. The van der Waals surface area contributed by atoms with Crippen molar-refractivity contribution < 1.29 is 19.4 Å². The Morgan fingerprint density at radius 3 is 2.71 bits per heavy atom. The van der Waals surface area contributed by atoms with E-state index in [1.54, 1.807) is 25.4 Å². The van der Waals surface area contributed by atoms with E-state index in [2.05, 4.69) is 0 Å². The van der Waals surface area contributed by atoms with E-state index < -0.39 is 12.0 Å². The third-order valence-corrected chi connectivity index (χ3v) is 4.72. The first kappa shape index (κ1) is 18.3. The molecule has 1 N–H and O–H groups in total. The number of carboxylic acid groups (broad SMARTS) is 1. The second-order valence-corrected chi connectivity index (χ2v) is 6.46. The summed E-state index contributed by atoms with van der Waals surface area (Å²) in [5.74, 6) is 0.520. The van der Waals surface area contributed by atoms with Crippen molar-refractivity contribution in [3.05, 3.63) is 46.2 Å². The zero-order valence-corrected chi connectivity index (χ0v) is 15.0. The van der Waals surface area contributed by atoms with Gasteiger partial charge < -0.3 is 14.6 Å². The number of carbonyl (C=O) groups is 1. The molecule has 2 aromatic rings. The van der Waals surface area contributed by atoms with Crippen molar-refractivity contribution in [1.82, 2.24) is 4.90 Å². The third-order valence-electron chi connectivity index (χ3n) is 3.88. The Morgan fingerprint density at radius 1 is 1.33 bits per heavy atom. The lowest BCUT2D eigenvalue weighted by molar-refractivity contribution is -0.142. The van der Waals surface area contributed by atoms with Crippen LogP contribution in [0, 0.1) is 0 Å². The van der Waals surface area contributed by atoms with E-state index in [1.807, 2.05) is 47.5 Å². The van der Waals surface area contributed by atoms with Crippen LogP contribution in [0.3, 0.4) is 0 Å². The fourth-order valence-corrected chi connectivity index (χ4v) is 3.00. The second-order valence-electron chi connectivity index (χ2n) is 5.43. The minimum atomic E-state index is -0.820. The summed E-state index contributed by atoms with van der Waals surface area (Å²) >= 11 is 1.65. The minimum Gasteiger partial charge on any atom is -0.493 e. The van der Waals surface area contributed by atoms with Gasteiger partial charge in [-0.2, -0.15) is 0 Å². The molecule has 6 heteroatoms. The van der Waals surface area contributed by atoms with E-state index in [-0.39, 0.29) is 0 Å². The number of hydrogen-bond donors (Lipinski definition) is 1. The van der Waals surface area contributed by atoms with Gasteiger partial charge in [0.25, 0.3) is 0 Å². The molecule has 1 atom stereocenters. The SMILES string of the molecule is CCN(Cc1ccc(OCc2cccs2)c(OC)c1)C(C)C(=O)O. The molecule has 0 spiro atoms. The zero-order chi connectivity index (χ0) is 17.5. The number of thiophene rings is 1. The van der Waals surface area contributed by atoms with Gasteiger partial charge in [-0.3, -0.25) is 9.69 Å². The molecule has 0 bridgehead atoms. The van der Waals surface area contributed by atoms with E-state index in [1.165, 1.54) is 0 Å². The predicted octanol–water partition coefficient (Wildman–Crippen LogP) is 3.63. The molecular formula is C18H23NO4S. The van der Waals surface area contributed by atoms with Gasteiger partial charge in [0.2, 0.25) is 0 Å². The summed E-state index contributed by atoms with van der Waals surface area (Å²) in [5.41, 5.74) is 0.991. The average molecular weight is 349 g/mol. The number of likely N-dealkylation sites (N-methyl/N-ethyl adjacent to an activating group) is 1. The Bertz CT molecular complexity index is 657. The Labute approximate surface area is 146 Å². The molecule has 0 aliphatic heterocycles. The van der Waals surface area contributed by atoms with Crippen molar-refractivity contribution in [3.63, 3.8) is 0 Å². The van der Waals surface area contributed by atoms with Crippen molar-refractivity contribution in [2.24, 2.45) is 0 Å². The van der Waals surface area contributed by atoms with Gasteiger partial charge in [0.1, 0.15) is 12.6 Å². The highest BCUT2D eigenvalue weighted by Gasteiger charge is 2.19. The Balaban J connectivity index is 2.08. The molecule has 0 saturated heterocycles. The minimum absolute atomic E-state index is 0.504. The molecule has 1 aromatic carbocycles. The molecule has 0 amide bonds. The Hall–Kier alpha value is -2.05. The predicted molar refractivity (Wildman–Crippen MR) is 94.8 cm³/mol. The van der Waals surface area contributed by atoms with Gasteiger partial charge >= 0.3 is 5.97 Å². The monoisotopic (exact) mass is 349 g/mol. The fourth-order valence-electron chi connectivity index (χ4n) is 2.39. The van der Waals surface area contributed by atoms with Gasteiger partial charge in [-0.05, 0) is 42.6 Å². The highest BCUT2D eigenvalue weighted by atomic mass is 32.1. The van der Waals surface area contributed by atoms with Gasteiger partial charge in [-0.25, -0.2) is 0 Å². The standard InChI is InChI=1S/C18H23NO4S/c1-4-19(13(2)18(20)21)11-14-7-8-16(17(10-14)22-3)23-12-15-6-5-9-24-15/h5-10,13H,4,11-12H2,1-3H3,(H,20,21). The summed E-state index contributed by atoms with van der Waals surface area (Å²) in [5, 5.41) is 11.2. The smallest absolute Gasteiger partial charge is 0.320 e. The maximum Gasteiger partial charge on any atom is 0.320 e. The van der Waals surface area contributed by atoms with E-state index in [4.69, 9.17) is 9.47 Å². The van der Waals surface area contributed by atoms with Crippen LogP contribution >= 0.6 is 11.3 Å². The van der Waals surface area contributed by atoms with Gasteiger partial charge in [-0.1, -0.05) is 19.1 Å². The maximum atomic E-state index is 11.2. The maximum absolute atomic E-state index is 11.2. The summed E-state index contributed by atoms with van der Waals surface area (Å²) in [6.07, 6.45) is 0. The van der Waals surface area contributed by atoms with Crippen molar-refractivity contribution >= 4 is 17.3 Å². The van der Waals surface area contributed by atoms with Gasteiger partial charge in [0, 0.05) is 11.4 Å². The Kier molecular flexibility index (Phi) is 6.63. The number of aliphatic carboxylic acids is 1. The largest absolute Gasteiger partial charge is 0.493 e. The molecule has 130 valence electrons.